The summed E-state index contributed by atoms with van der Waals surface area (Å²) in [7, 11) is 0. The average molecular weight is 553 g/mol. The molecule has 2 aliphatic heterocycles. The molecule has 7 N–H and O–H groups in total. The Hall–Kier alpha value is -0.930. The van der Waals surface area contributed by atoms with E-state index in [2.05, 4.69) is 6.92 Å². The number of aliphatic hydroxyl groups is 7. The summed E-state index contributed by atoms with van der Waals surface area (Å²) >= 11 is 0. The van der Waals surface area contributed by atoms with Gasteiger partial charge in [0, 0.05) is 6.42 Å². The van der Waals surface area contributed by atoms with Crippen molar-refractivity contribution in [3.8, 4) is 0 Å². The summed E-state index contributed by atoms with van der Waals surface area (Å²) in [5, 5.41) is 69.9. The molecule has 0 bridgehead atoms. The molecule has 10 atom stereocenters. The molecule has 0 aromatic rings. The van der Waals surface area contributed by atoms with Crippen molar-refractivity contribution in [3.63, 3.8) is 0 Å². The minimum Gasteiger partial charge on any atom is -0.463 e. The normalized spacial score (nSPS) is 35.8. The van der Waals surface area contributed by atoms with E-state index >= 15 is 0 Å². The molecule has 224 valence electrons. The van der Waals surface area contributed by atoms with E-state index in [0.29, 0.717) is 6.42 Å². The van der Waals surface area contributed by atoms with Gasteiger partial charge in [-0.2, -0.15) is 0 Å². The number of ether oxygens (including phenoxy) is 4. The first kappa shape index (κ1) is 33.3. The second kappa shape index (κ2) is 17.7. The molecule has 0 radical (unpaired) electrons. The third-order valence-corrected chi connectivity index (χ3v) is 7.19. The summed E-state index contributed by atoms with van der Waals surface area (Å²) < 4.78 is 21.4. The largest absolute Gasteiger partial charge is 0.463 e. The standard InChI is InChI=1S/C26H48O12/c1-2-3-4-5-6-7-8-9-10-11-12-13-18(28)35-15-17-24(21(31)22(32)25(34)36-17)38-26-23(33)20(30)19(29)16(14-27)37-26/h16-17,19-27,29-34H,2-15H2,1H3/t16-,17-,19-,20+,21-,22+,23+,24-,25?,26+/m1/s1. The van der Waals surface area contributed by atoms with Crippen LogP contribution < -0.4 is 0 Å². The van der Waals surface area contributed by atoms with Crippen LogP contribution in [0, 0.1) is 0 Å². The van der Waals surface area contributed by atoms with Crippen molar-refractivity contribution in [2.45, 2.75) is 145 Å². The van der Waals surface area contributed by atoms with Crippen molar-refractivity contribution in [1.29, 1.82) is 0 Å². The Morgan fingerprint density at radius 2 is 1.26 bits per heavy atom. The lowest BCUT2D eigenvalue weighted by atomic mass is 9.97. The molecule has 0 aromatic heterocycles. The van der Waals surface area contributed by atoms with E-state index in [9.17, 15) is 40.5 Å². The lowest BCUT2D eigenvalue weighted by Gasteiger charge is -2.45. The molecule has 2 rings (SSSR count). The first-order chi connectivity index (χ1) is 18.2. The van der Waals surface area contributed by atoms with Gasteiger partial charge in [0.1, 0.15) is 55.4 Å². The highest BCUT2D eigenvalue weighted by atomic mass is 16.7. The Morgan fingerprint density at radius 3 is 1.84 bits per heavy atom. The first-order valence-electron chi connectivity index (χ1n) is 14.0. The summed E-state index contributed by atoms with van der Waals surface area (Å²) in [4.78, 5) is 12.2. The van der Waals surface area contributed by atoms with Crippen molar-refractivity contribution in [1.82, 2.24) is 0 Å². The topological polar surface area (TPSA) is 196 Å². The van der Waals surface area contributed by atoms with Crippen LogP contribution in [0.2, 0.25) is 0 Å². The zero-order valence-electron chi connectivity index (χ0n) is 22.3. The Balaban J connectivity index is 1.75. The second-order valence-corrected chi connectivity index (χ2v) is 10.3. The van der Waals surface area contributed by atoms with Crippen LogP contribution >= 0.6 is 0 Å². The maximum absolute atomic E-state index is 12.2. The predicted molar refractivity (Wildman–Crippen MR) is 134 cm³/mol. The van der Waals surface area contributed by atoms with Crippen LogP contribution in [-0.4, -0.2) is 116 Å². The highest BCUT2D eigenvalue weighted by Gasteiger charge is 2.50. The molecule has 1 unspecified atom stereocenters. The molecule has 2 heterocycles. The quantitative estimate of drug-likeness (QED) is 0.0933. The molecule has 12 heteroatoms. The van der Waals surface area contributed by atoms with Crippen LogP contribution in [-0.2, 0) is 23.7 Å². The van der Waals surface area contributed by atoms with E-state index in [1.165, 1.54) is 44.9 Å². The van der Waals surface area contributed by atoms with E-state index in [1.807, 2.05) is 0 Å². The Kier molecular flexibility index (Phi) is 15.5. The number of unbranched alkanes of at least 4 members (excludes halogenated alkanes) is 10. The fraction of sp³-hybridized carbons (Fsp3) is 0.962. The number of aliphatic hydroxyl groups excluding tert-OH is 7. The Morgan fingerprint density at radius 1 is 0.684 bits per heavy atom. The zero-order valence-corrected chi connectivity index (χ0v) is 22.3. The molecular weight excluding hydrogens is 504 g/mol. The van der Waals surface area contributed by atoms with Crippen LogP contribution in [0.25, 0.3) is 0 Å². The van der Waals surface area contributed by atoms with Gasteiger partial charge in [-0.25, -0.2) is 0 Å². The van der Waals surface area contributed by atoms with Crippen LogP contribution in [0.15, 0.2) is 0 Å². The maximum atomic E-state index is 12.2. The summed E-state index contributed by atoms with van der Waals surface area (Å²) in [6, 6.07) is 0. The van der Waals surface area contributed by atoms with Gasteiger partial charge in [-0.15, -0.1) is 0 Å². The number of hydrogen-bond acceptors (Lipinski definition) is 12. The van der Waals surface area contributed by atoms with E-state index in [0.717, 1.165) is 19.3 Å². The van der Waals surface area contributed by atoms with Gasteiger partial charge < -0.3 is 54.7 Å². The molecule has 2 saturated heterocycles. The molecule has 38 heavy (non-hydrogen) atoms. The number of carbonyl (C=O) groups is 1. The van der Waals surface area contributed by atoms with Crippen molar-refractivity contribution in [2.24, 2.45) is 0 Å². The van der Waals surface area contributed by atoms with Crippen molar-refractivity contribution in [3.05, 3.63) is 0 Å². The van der Waals surface area contributed by atoms with Gasteiger partial charge in [-0.3, -0.25) is 4.79 Å². The van der Waals surface area contributed by atoms with E-state index in [1.54, 1.807) is 0 Å². The summed E-state index contributed by atoms with van der Waals surface area (Å²) in [6.07, 6.45) is -3.11. The minimum atomic E-state index is -1.78. The monoisotopic (exact) mass is 552 g/mol. The molecule has 0 amide bonds. The fourth-order valence-corrected chi connectivity index (χ4v) is 4.74. The average Bonchev–Trinajstić information content (AvgIpc) is 2.91. The molecule has 12 nitrogen and oxygen atoms in total. The van der Waals surface area contributed by atoms with Crippen LogP contribution in [0.4, 0.5) is 0 Å². The second-order valence-electron chi connectivity index (χ2n) is 10.3. The van der Waals surface area contributed by atoms with Gasteiger partial charge in [0.2, 0.25) is 0 Å². The lowest BCUT2D eigenvalue weighted by molar-refractivity contribution is -0.355. The molecule has 2 fully saturated rings. The summed E-state index contributed by atoms with van der Waals surface area (Å²) in [5.74, 6) is -0.494. The van der Waals surface area contributed by atoms with E-state index in [-0.39, 0.29) is 6.42 Å². The van der Waals surface area contributed by atoms with Gasteiger partial charge in [-0.05, 0) is 6.42 Å². The minimum absolute atomic E-state index is 0.190. The van der Waals surface area contributed by atoms with Gasteiger partial charge in [0.25, 0.3) is 0 Å². The predicted octanol–water partition coefficient (Wildman–Crippen LogP) is -0.145. The zero-order chi connectivity index (χ0) is 28.1. The highest BCUT2D eigenvalue weighted by molar-refractivity contribution is 5.69. The first-order valence-corrected chi connectivity index (χ1v) is 14.0. The third-order valence-electron chi connectivity index (χ3n) is 7.19. The summed E-state index contributed by atoms with van der Waals surface area (Å²) in [5.41, 5.74) is 0. The van der Waals surface area contributed by atoms with Crippen LogP contribution in [0.5, 0.6) is 0 Å². The van der Waals surface area contributed by atoms with E-state index in [4.69, 9.17) is 18.9 Å². The summed E-state index contributed by atoms with van der Waals surface area (Å²) in [6.45, 7) is 1.11. The number of rotatable bonds is 17. The highest BCUT2D eigenvalue weighted by Crippen LogP contribution is 2.29. The molecule has 0 aromatic carbocycles. The lowest BCUT2D eigenvalue weighted by Crippen LogP contribution is -2.64. The third kappa shape index (κ3) is 10.2. The molecule has 0 spiro atoms. The molecule has 2 aliphatic rings. The van der Waals surface area contributed by atoms with Crippen LogP contribution in [0.1, 0.15) is 84.0 Å². The molecule has 0 saturated carbocycles. The maximum Gasteiger partial charge on any atom is 0.305 e. The molecule has 0 aliphatic carbocycles. The van der Waals surface area contributed by atoms with Crippen molar-refractivity contribution < 1.29 is 59.5 Å². The Labute approximate surface area is 224 Å². The van der Waals surface area contributed by atoms with E-state index < -0.39 is 80.6 Å². The van der Waals surface area contributed by atoms with Gasteiger partial charge in [0.05, 0.1) is 6.61 Å². The molecular formula is C26H48O12. The number of hydrogen-bond donors (Lipinski definition) is 7. The SMILES string of the molecule is CCCCCCCCCCCCCC(=O)OC[C@H]1OC(O)[C@@H](O)[C@@H](O)[C@@H]1O[C@@H]1O[C@H](CO)[C@@H](O)[C@H](O)[C@@H]1O. The van der Waals surface area contributed by atoms with Gasteiger partial charge in [0.15, 0.2) is 12.6 Å². The van der Waals surface area contributed by atoms with Crippen molar-refractivity contribution in [2.75, 3.05) is 13.2 Å². The fourth-order valence-electron chi connectivity index (χ4n) is 4.74. The number of carbonyl (C=O) groups excluding carboxylic acids is 1. The van der Waals surface area contributed by atoms with Crippen molar-refractivity contribution >= 4 is 5.97 Å². The van der Waals surface area contributed by atoms with Gasteiger partial charge >= 0.3 is 5.97 Å². The smallest absolute Gasteiger partial charge is 0.305 e. The number of esters is 1. The van der Waals surface area contributed by atoms with Crippen LogP contribution in [0.3, 0.4) is 0 Å². The Bertz CT molecular complexity index is 650. The van der Waals surface area contributed by atoms with Gasteiger partial charge in [-0.1, -0.05) is 71.1 Å².